The number of nitro benzene ring substituents is 1. The summed E-state index contributed by atoms with van der Waals surface area (Å²) in [5.41, 5.74) is 2.97. The van der Waals surface area contributed by atoms with E-state index in [0.29, 0.717) is 11.3 Å². The highest BCUT2D eigenvalue weighted by atomic mass is 16.6. The Morgan fingerprint density at radius 2 is 1.95 bits per heavy atom. The SMILES string of the molecule is O=C(O)c1cc2c(nc1-c1ccc([N+](=O)[O-])cc1)CCC2. The highest BCUT2D eigenvalue weighted by Gasteiger charge is 2.21. The van der Waals surface area contributed by atoms with Crippen LogP contribution in [0.1, 0.15) is 28.0 Å². The lowest BCUT2D eigenvalue weighted by atomic mass is 10.0. The Balaban J connectivity index is 2.12. The number of carboxylic acids is 1. The first-order valence-corrected chi connectivity index (χ1v) is 6.57. The monoisotopic (exact) mass is 284 g/mol. The van der Waals surface area contributed by atoms with Crippen molar-refractivity contribution in [2.45, 2.75) is 19.3 Å². The summed E-state index contributed by atoms with van der Waals surface area (Å²) < 4.78 is 0. The van der Waals surface area contributed by atoms with E-state index in [4.69, 9.17) is 0 Å². The van der Waals surface area contributed by atoms with Crippen molar-refractivity contribution in [1.29, 1.82) is 0 Å². The second kappa shape index (κ2) is 4.97. The molecule has 0 unspecified atom stereocenters. The molecule has 0 radical (unpaired) electrons. The van der Waals surface area contributed by atoms with Crippen LogP contribution in [0.2, 0.25) is 0 Å². The van der Waals surface area contributed by atoms with Crippen LogP contribution in [0.3, 0.4) is 0 Å². The van der Waals surface area contributed by atoms with E-state index in [1.54, 1.807) is 6.07 Å². The summed E-state index contributed by atoms with van der Waals surface area (Å²) in [6.45, 7) is 0. The third kappa shape index (κ3) is 2.35. The Hall–Kier alpha value is -2.76. The summed E-state index contributed by atoms with van der Waals surface area (Å²) in [7, 11) is 0. The number of carboxylic acid groups (broad SMARTS) is 1. The van der Waals surface area contributed by atoms with Gasteiger partial charge >= 0.3 is 5.97 Å². The number of hydrogen-bond acceptors (Lipinski definition) is 4. The number of non-ortho nitro benzene ring substituents is 1. The Labute approximate surface area is 120 Å². The molecule has 1 aliphatic carbocycles. The van der Waals surface area contributed by atoms with Gasteiger partial charge in [-0.15, -0.1) is 0 Å². The molecule has 1 heterocycles. The van der Waals surface area contributed by atoms with Crippen LogP contribution in [0.25, 0.3) is 11.3 Å². The molecule has 3 rings (SSSR count). The number of hydrogen-bond donors (Lipinski definition) is 1. The maximum atomic E-state index is 11.4. The second-order valence-corrected chi connectivity index (χ2v) is 4.95. The molecule has 1 aromatic carbocycles. The van der Waals surface area contributed by atoms with Gasteiger partial charge in [-0.25, -0.2) is 4.79 Å². The first-order chi connectivity index (χ1) is 10.1. The van der Waals surface area contributed by atoms with Gasteiger partial charge in [0, 0.05) is 23.4 Å². The van der Waals surface area contributed by atoms with Gasteiger partial charge in [0.25, 0.3) is 5.69 Å². The molecule has 0 spiro atoms. The van der Waals surface area contributed by atoms with Gasteiger partial charge in [0.1, 0.15) is 0 Å². The molecule has 0 saturated heterocycles. The number of nitrogens with zero attached hydrogens (tertiary/aromatic N) is 2. The summed E-state index contributed by atoms with van der Waals surface area (Å²) in [6.07, 6.45) is 2.67. The molecule has 106 valence electrons. The smallest absolute Gasteiger partial charge is 0.337 e. The largest absolute Gasteiger partial charge is 0.478 e. The quantitative estimate of drug-likeness (QED) is 0.691. The molecule has 1 aliphatic rings. The van der Waals surface area contributed by atoms with Crippen LogP contribution in [0.4, 0.5) is 5.69 Å². The molecule has 1 aromatic heterocycles. The van der Waals surface area contributed by atoms with E-state index >= 15 is 0 Å². The van der Waals surface area contributed by atoms with Crippen molar-refractivity contribution in [3.63, 3.8) is 0 Å². The highest BCUT2D eigenvalue weighted by molar-refractivity contribution is 5.95. The molecule has 6 nitrogen and oxygen atoms in total. The molecule has 0 atom stereocenters. The Morgan fingerprint density at radius 3 is 2.57 bits per heavy atom. The maximum absolute atomic E-state index is 11.4. The van der Waals surface area contributed by atoms with Crippen molar-refractivity contribution in [2.75, 3.05) is 0 Å². The average molecular weight is 284 g/mol. The Kier molecular flexibility index (Phi) is 3.13. The number of benzene rings is 1. The zero-order valence-corrected chi connectivity index (χ0v) is 11.1. The van der Waals surface area contributed by atoms with E-state index < -0.39 is 10.9 Å². The van der Waals surface area contributed by atoms with Crippen LogP contribution in [0.5, 0.6) is 0 Å². The fourth-order valence-corrected chi connectivity index (χ4v) is 2.60. The Morgan fingerprint density at radius 1 is 1.24 bits per heavy atom. The van der Waals surface area contributed by atoms with Crippen LogP contribution in [-0.4, -0.2) is 21.0 Å². The molecule has 0 saturated carbocycles. The number of carbonyl (C=O) groups is 1. The molecule has 2 aromatic rings. The lowest BCUT2D eigenvalue weighted by molar-refractivity contribution is -0.384. The summed E-state index contributed by atoms with van der Waals surface area (Å²) >= 11 is 0. The van der Waals surface area contributed by atoms with Crippen LogP contribution >= 0.6 is 0 Å². The van der Waals surface area contributed by atoms with Crippen molar-refractivity contribution in [3.05, 3.63) is 57.3 Å². The molecule has 0 fully saturated rings. The molecule has 0 amide bonds. The number of fused-ring (bicyclic) bond motifs is 1. The highest BCUT2D eigenvalue weighted by Crippen LogP contribution is 2.29. The summed E-state index contributed by atoms with van der Waals surface area (Å²) in [4.78, 5) is 26.1. The molecule has 0 aliphatic heterocycles. The first kappa shape index (κ1) is 13.2. The van der Waals surface area contributed by atoms with Crippen molar-refractivity contribution in [3.8, 4) is 11.3 Å². The molecule has 1 N–H and O–H groups in total. The van der Waals surface area contributed by atoms with Gasteiger partial charge in [0.2, 0.25) is 0 Å². The number of aromatic nitrogens is 1. The molecule has 6 heteroatoms. The van der Waals surface area contributed by atoms with Crippen molar-refractivity contribution in [2.24, 2.45) is 0 Å². The van der Waals surface area contributed by atoms with Gasteiger partial charge in [-0.2, -0.15) is 0 Å². The van der Waals surface area contributed by atoms with Gasteiger partial charge in [-0.3, -0.25) is 15.1 Å². The van der Waals surface area contributed by atoms with Crippen molar-refractivity contribution < 1.29 is 14.8 Å². The zero-order chi connectivity index (χ0) is 15.0. The molecular formula is C15H12N2O4. The second-order valence-electron chi connectivity index (χ2n) is 4.95. The standard InChI is InChI=1S/C15H12N2O4/c18-15(19)12-8-10-2-1-3-13(10)16-14(12)9-4-6-11(7-5-9)17(20)21/h4-8H,1-3H2,(H,18,19). The first-order valence-electron chi connectivity index (χ1n) is 6.57. The number of nitro groups is 1. The lowest BCUT2D eigenvalue weighted by Crippen LogP contribution is -2.05. The molecular weight excluding hydrogens is 272 g/mol. The van der Waals surface area contributed by atoms with Crippen LogP contribution < -0.4 is 0 Å². The third-order valence-electron chi connectivity index (χ3n) is 3.63. The predicted octanol–water partition coefficient (Wildman–Crippen LogP) is 2.84. The van der Waals surface area contributed by atoms with Gasteiger partial charge < -0.3 is 5.11 Å². The molecule has 21 heavy (non-hydrogen) atoms. The maximum Gasteiger partial charge on any atom is 0.337 e. The molecule has 0 bridgehead atoms. The fourth-order valence-electron chi connectivity index (χ4n) is 2.60. The minimum absolute atomic E-state index is 0.0308. The zero-order valence-electron chi connectivity index (χ0n) is 11.1. The minimum Gasteiger partial charge on any atom is -0.478 e. The Bertz CT molecular complexity index is 738. The van der Waals surface area contributed by atoms with Gasteiger partial charge in [0.15, 0.2) is 0 Å². The van der Waals surface area contributed by atoms with E-state index in [1.807, 2.05) is 0 Å². The van der Waals surface area contributed by atoms with Gasteiger partial charge in [0.05, 0.1) is 16.2 Å². The van der Waals surface area contributed by atoms with Crippen molar-refractivity contribution >= 4 is 11.7 Å². The topological polar surface area (TPSA) is 93.3 Å². The summed E-state index contributed by atoms with van der Waals surface area (Å²) in [5, 5.41) is 20.0. The van der Waals surface area contributed by atoms with Gasteiger partial charge in [-0.1, -0.05) is 0 Å². The normalized spacial score (nSPS) is 13.0. The fraction of sp³-hybridized carbons (Fsp3) is 0.200. The van der Waals surface area contributed by atoms with Crippen molar-refractivity contribution in [1.82, 2.24) is 4.98 Å². The minimum atomic E-state index is -1.04. The van der Waals surface area contributed by atoms with Crippen LogP contribution in [0.15, 0.2) is 30.3 Å². The van der Waals surface area contributed by atoms with Crippen LogP contribution in [0, 0.1) is 10.1 Å². The number of aromatic carboxylic acids is 1. The lowest BCUT2D eigenvalue weighted by Gasteiger charge is -2.09. The summed E-state index contributed by atoms with van der Waals surface area (Å²) in [6, 6.07) is 7.46. The predicted molar refractivity (Wildman–Crippen MR) is 75.3 cm³/mol. The van der Waals surface area contributed by atoms with E-state index in [2.05, 4.69) is 4.98 Å². The van der Waals surface area contributed by atoms with E-state index in [9.17, 15) is 20.0 Å². The number of aryl methyl sites for hydroxylation is 2. The number of rotatable bonds is 3. The average Bonchev–Trinajstić information content (AvgIpc) is 2.93. The van der Waals surface area contributed by atoms with Gasteiger partial charge in [-0.05, 0) is 43.0 Å². The third-order valence-corrected chi connectivity index (χ3v) is 3.63. The summed E-state index contributed by atoms with van der Waals surface area (Å²) in [5.74, 6) is -1.04. The van der Waals surface area contributed by atoms with E-state index in [1.165, 1.54) is 24.3 Å². The van der Waals surface area contributed by atoms with E-state index in [-0.39, 0.29) is 11.3 Å². The van der Waals surface area contributed by atoms with E-state index in [0.717, 1.165) is 30.5 Å². The van der Waals surface area contributed by atoms with Crippen LogP contribution in [-0.2, 0) is 12.8 Å². The number of pyridine rings is 1.